The number of rotatable bonds is 17. The average Bonchev–Trinajstić information content (AvgIpc) is 3.39. The Balaban J connectivity index is 1.89. The number of aryl methyl sites for hydroxylation is 2. The third kappa shape index (κ3) is 10.6. The molecule has 0 aliphatic heterocycles. The van der Waals surface area contributed by atoms with Crippen LogP contribution in [0.4, 0.5) is 0 Å². The van der Waals surface area contributed by atoms with Crippen LogP contribution in [0.5, 0.6) is 5.75 Å². The van der Waals surface area contributed by atoms with Crippen molar-refractivity contribution in [3.8, 4) is 5.75 Å². The Kier molecular flexibility index (Phi) is 13.6. The van der Waals surface area contributed by atoms with Gasteiger partial charge in [0, 0.05) is 37.7 Å². The van der Waals surface area contributed by atoms with Crippen molar-refractivity contribution in [3.63, 3.8) is 0 Å². The lowest BCUT2D eigenvalue weighted by atomic mass is 9.91. The van der Waals surface area contributed by atoms with E-state index in [9.17, 15) is 24.3 Å². The lowest BCUT2D eigenvalue weighted by Crippen LogP contribution is -2.36. The Morgan fingerprint density at radius 2 is 1.98 bits per heavy atom. The molecule has 1 aromatic carbocycles. The lowest BCUT2D eigenvalue weighted by molar-refractivity contribution is -0.153. The van der Waals surface area contributed by atoms with E-state index in [0.29, 0.717) is 44.2 Å². The van der Waals surface area contributed by atoms with Gasteiger partial charge in [0.05, 0.1) is 10.9 Å². The SMILES string of the molecule is CCCC(=O)OCN(CCCc1nc(C(=O)NCC[C@@H](C(N)=O)c2cc(O)ccc2C)cs1)C(=O)C[C@@H](C)CC. The number of benzene rings is 1. The van der Waals surface area contributed by atoms with E-state index in [2.05, 4.69) is 10.3 Å². The Morgan fingerprint density at radius 1 is 1.23 bits per heavy atom. The van der Waals surface area contributed by atoms with E-state index in [1.165, 1.54) is 17.4 Å². The van der Waals surface area contributed by atoms with Crippen LogP contribution in [0.25, 0.3) is 0 Å². The van der Waals surface area contributed by atoms with Crippen LogP contribution in [0.1, 0.15) is 91.8 Å². The minimum absolute atomic E-state index is 0.0476. The second-order valence-electron chi connectivity index (χ2n) is 10.0. The molecule has 4 N–H and O–H groups in total. The quantitative estimate of drug-likeness (QED) is 0.190. The fourth-order valence-electron chi connectivity index (χ4n) is 4.09. The number of aromatic hydroxyl groups is 1. The Bertz CT molecular complexity index is 1150. The second-order valence-corrected chi connectivity index (χ2v) is 11.0. The maximum atomic E-state index is 12.8. The highest BCUT2D eigenvalue weighted by molar-refractivity contribution is 7.09. The van der Waals surface area contributed by atoms with Gasteiger partial charge in [-0.3, -0.25) is 19.2 Å². The van der Waals surface area contributed by atoms with Crippen LogP contribution in [0, 0.1) is 12.8 Å². The molecule has 11 heteroatoms. The van der Waals surface area contributed by atoms with E-state index in [1.54, 1.807) is 22.4 Å². The summed E-state index contributed by atoms with van der Waals surface area (Å²) in [5.74, 6) is -1.62. The molecule has 220 valence electrons. The fraction of sp³-hybridized carbons (Fsp3) is 0.552. The summed E-state index contributed by atoms with van der Waals surface area (Å²) in [7, 11) is 0. The molecule has 0 spiro atoms. The molecule has 1 heterocycles. The van der Waals surface area contributed by atoms with Gasteiger partial charge in [0.2, 0.25) is 11.8 Å². The molecule has 10 nitrogen and oxygen atoms in total. The average molecular weight is 575 g/mol. The zero-order valence-electron chi connectivity index (χ0n) is 23.9. The van der Waals surface area contributed by atoms with E-state index < -0.39 is 11.8 Å². The van der Waals surface area contributed by atoms with Crippen molar-refractivity contribution in [1.82, 2.24) is 15.2 Å². The van der Waals surface area contributed by atoms with Crippen molar-refractivity contribution in [3.05, 3.63) is 45.4 Å². The number of nitrogens with two attached hydrogens (primary N) is 1. The van der Waals surface area contributed by atoms with E-state index >= 15 is 0 Å². The van der Waals surface area contributed by atoms with Gasteiger partial charge in [-0.1, -0.05) is 33.3 Å². The highest BCUT2D eigenvalue weighted by atomic mass is 32.1. The number of esters is 1. The number of hydrogen-bond acceptors (Lipinski definition) is 8. The van der Waals surface area contributed by atoms with Gasteiger partial charge in [-0.05, 0) is 55.4 Å². The number of phenols is 1. The molecule has 0 saturated carbocycles. The van der Waals surface area contributed by atoms with E-state index in [0.717, 1.165) is 17.0 Å². The van der Waals surface area contributed by atoms with Crippen LogP contribution in [-0.4, -0.2) is 58.5 Å². The van der Waals surface area contributed by atoms with Gasteiger partial charge in [0.25, 0.3) is 5.91 Å². The van der Waals surface area contributed by atoms with Crippen LogP contribution in [0.2, 0.25) is 0 Å². The molecule has 3 amide bonds. The largest absolute Gasteiger partial charge is 0.508 e. The van der Waals surface area contributed by atoms with Gasteiger partial charge >= 0.3 is 5.97 Å². The van der Waals surface area contributed by atoms with Crippen LogP contribution in [-0.2, 0) is 25.5 Å². The fourth-order valence-corrected chi connectivity index (χ4v) is 4.91. The minimum Gasteiger partial charge on any atom is -0.508 e. The van der Waals surface area contributed by atoms with Crippen molar-refractivity contribution in [1.29, 1.82) is 0 Å². The molecule has 1 aromatic heterocycles. The number of nitrogens with zero attached hydrogens (tertiary/aromatic N) is 2. The van der Waals surface area contributed by atoms with Crippen molar-refractivity contribution in [2.75, 3.05) is 19.8 Å². The molecule has 0 unspecified atom stereocenters. The summed E-state index contributed by atoms with van der Waals surface area (Å²) < 4.78 is 5.29. The summed E-state index contributed by atoms with van der Waals surface area (Å²) >= 11 is 1.36. The van der Waals surface area contributed by atoms with Crippen LogP contribution in [0.15, 0.2) is 23.6 Å². The van der Waals surface area contributed by atoms with E-state index in [-0.39, 0.29) is 54.8 Å². The molecular weight excluding hydrogens is 532 g/mol. The third-order valence-corrected chi connectivity index (χ3v) is 7.62. The predicted octanol–water partition coefficient (Wildman–Crippen LogP) is 4.04. The predicted molar refractivity (Wildman–Crippen MR) is 154 cm³/mol. The van der Waals surface area contributed by atoms with Gasteiger partial charge in [-0.25, -0.2) is 4.98 Å². The Morgan fingerprint density at radius 3 is 2.65 bits per heavy atom. The molecule has 2 atom stereocenters. The first-order chi connectivity index (χ1) is 19.0. The first-order valence-corrected chi connectivity index (χ1v) is 14.7. The molecule has 0 radical (unpaired) electrons. The van der Waals surface area contributed by atoms with Crippen LogP contribution >= 0.6 is 11.3 Å². The topological polar surface area (TPSA) is 152 Å². The first-order valence-electron chi connectivity index (χ1n) is 13.8. The molecule has 0 fully saturated rings. The minimum atomic E-state index is -0.648. The van der Waals surface area contributed by atoms with Crippen molar-refractivity contribution < 1.29 is 29.0 Å². The molecule has 2 rings (SSSR count). The number of nitrogens with one attached hydrogen (secondary N) is 1. The summed E-state index contributed by atoms with van der Waals surface area (Å²) in [5.41, 5.74) is 7.33. The number of phenolic OH excluding ortho intramolecular Hbond substituents is 1. The van der Waals surface area contributed by atoms with Gasteiger partial charge < -0.3 is 25.8 Å². The first kappa shape index (κ1) is 32.7. The van der Waals surface area contributed by atoms with Gasteiger partial charge in [0.15, 0.2) is 6.73 Å². The Labute approximate surface area is 240 Å². The van der Waals surface area contributed by atoms with Crippen LogP contribution in [0.3, 0.4) is 0 Å². The number of carbonyl (C=O) groups is 4. The summed E-state index contributed by atoms with van der Waals surface area (Å²) in [6.07, 6.45) is 3.73. The smallest absolute Gasteiger partial charge is 0.307 e. The second kappa shape index (κ2) is 16.6. The van der Waals surface area contributed by atoms with Crippen molar-refractivity contribution in [2.24, 2.45) is 11.7 Å². The number of carbonyl (C=O) groups excluding carboxylic acids is 4. The maximum Gasteiger partial charge on any atom is 0.307 e. The van der Waals surface area contributed by atoms with Gasteiger partial charge in [-0.2, -0.15) is 0 Å². The molecule has 0 aliphatic rings. The third-order valence-electron chi connectivity index (χ3n) is 6.71. The van der Waals surface area contributed by atoms with Crippen LogP contribution < -0.4 is 11.1 Å². The number of primary amides is 1. The Hall–Kier alpha value is -3.47. The number of hydrogen-bond donors (Lipinski definition) is 3. The van der Waals surface area contributed by atoms with Gasteiger partial charge in [-0.15, -0.1) is 11.3 Å². The molecular formula is C29H42N4O6S. The number of thiazole rings is 1. The monoisotopic (exact) mass is 574 g/mol. The normalized spacial score (nSPS) is 12.4. The maximum absolute atomic E-state index is 12.8. The highest BCUT2D eigenvalue weighted by Gasteiger charge is 2.21. The lowest BCUT2D eigenvalue weighted by Gasteiger charge is -2.23. The standard InChI is InChI=1S/C29H42N4O6S/c1-5-8-27(36)39-18-33(26(35)15-19(3)6-2)14-7-9-25-32-24(17-40-25)29(38)31-13-12-22(28(30)37)23-16-21(34)11-10-20(23)4/h10-11,16-17,19,22,34H,5-9,12-15,18H2,1-4H3,(H2,30,37)(H,31,38)/t19-,22+/m0/s1. The molecule has 0 bridgehead atoms. The summed E-state index contributed by atoms with van der Waals surface area (Å²) in [6.45, 7) is 8.34. The van der Waals surface area contributed by atoms with E-state index in [1.807, 2.05) is 27.7 Å². The summed E-state index contributed by atoms with van der Waals surface area (Å²) in [4.78, 5) is 55.3. The number of aromatic nitrogens is 1. The summed E-state index contributed by atoms with van der Waals surface area (Å²) in [6, 6.07) is 4.78. The molecule has 2 aromatic rings. The summed E-state index contributed by atoms with van der Waals surface area (Å²) in [5, 5.41) is 15.0. The molecule has 0 saturated heterocycles. The van der Waals surface area contributed by atoms with Gasteiger partial charge in [0.1, 0.15) is 11.4 Å². The van der Waals surface area contributed by atoms with Crippen molar-refractivity contribution >= 4 is 35.0 Å². The number of amides is 3. The molecule has 0 aliphatic carbocycles. The zero-order chi connectivity index (χ0) is 29.7. The highest BCUT2D eigenvalue weighted by Crippen LogP contribution is 2.26. The molecule has 40 heavy (non-hydrogen) atoms. The van der Waals surface area contributed by atoms with Crippen molar-refractivity contribution in [2.45, 2.75) is 78.6 Å². The number of ether oxygens (including phenoxy) is 1. The zero-order valence-corrected chi connectivity index (χ0v) is 24.7. The van der Waals surface area contributed by atoms with E-state index in [4.69, 9.17) is 10.5 Å².